The molecule has 3 rings (SSSR count). The average molecular weight is 359 g/mol. The molecule has 2 N–H and O–H groups in total. The van der Waals surface area contributed by atoms with Crippen LogP contribution in [0.2, 0.25) is 0 Å². The third-order valence-electron chi connectivity index (χ3n) is 5.59. The van der Waals surface area contributed by atoms with Gasteiger partial charge in [0.05, 0.1) is 18.6 Å². The van der Waals surface area contributed by atoms with E-state index in [1.54, 1.807) is 7.05 Å². The summed E-state index contributed by atoms with van der Waals surface area (Å²) in [5.41, 5.74) is 2.22. The molecule has 2 atom stereocenters. The number of aliphatic hydroxyl groups is 1. The van der Waals surface area contributed by atoms with Gasteiger partial charge in [-0.15, -0.1) is 0 Å². The molecule has 1 aromatic rings. The van der Waals surface area contributed by atoms with Gasteiger partial charge in [0.25, 0.3) is 0 Å². The number of aliphatic hydroxyl groups excluding tert-OH is 1. The molecule has 6 heteroatoms. The van der Waals surface area contributed by atoms with Gasteiger partial charge >= 0.3 is 0 Å². The van der Waals surface area contributed by atoms with Gasteiger partial charge in [-0.3, -0.25) is 14.5 Å². The summed E-state index contributed by atoms with van der Waals surface area (Å²) in [6.45, 7) is 4.00. The highest BCUT2D eigenvalue weighted by Crippen LogP contribution is 2.26. The van der Waals surface area contributed by atoms with Crippen LogP contribution < -0.4 is 5.32 Å². The number of aryl methyl sites for hydroxylation is 1. The number of carbonyl (C=O) groups is 2. The summed E-state index contributed by atoms with van der Waals surface area (Å²) in [5.74, 6) is 0.137. The van der Waals surface area contributed by atoms with Crippen LogP contribution >= 0.6 is 0 Å². The number of benzene rings is 1. The number of nitrogens with zero attached hydrogens (tertiary/aromatic N) is 2. The fourth-order valence-electron chi connectivity index (χ4n) is 4.22. The first-order valence-electron chi connectivity index (χ1n) is 9.46. The van der Waals surface area contributed by atoms with Crippen molar-refractivity contribution in [2.24, 2.45) is 0 Å². The van der Waals surface area contributed by atoms with E-state index < -0.39 is 6.10 Å². The van der Waals surface area contributed by atoms with Crippen LogP contribution in [0.1, 0.15) is 30.4 Å². The van der Waals surface area contributed by atoms with Crippen molar-refractivity contribution in [3.05, 3.63) is 35.4 Å². The van der Waals surface area contributed by atoms with Crippen LogP contribution in [0.3, 0.4) is 0 Å². The molecule has 0 radical (unpaired) electrons. The third-order valence-corrected chi connectivity index (χ3v) is 5.59. The summed E-state index contributed by atoms with van der Waals surface area (Å²) in [5, 5.41) is 12.7. The second kappa shape index (κ2) is 8.18. The zero-order valence-corrected chi connectivity index (χ0v) is 15.6. The van der Waals surface area contributed by atoms with E-state index in [0.717, 1.165) is 18.4 Å². The molecule has 26 heavy (non-hydrogen) atoms. The van der Waals surface area contributed by atoms with Crippen molar-refractivity contribution in [2.45, 2.75) is 50.8 Å². The lowest BCUT2D eigenvalue weighted by Gasteiger charge is -2.38. The second-order valence-electron chi connectivity index (χ2n) is 7.49. The van der Waals surface area contributed by atoms with Crippen LogP contribution in [0.5, 0.6) is 0 Å². The molecular weight excluding hydrogens is 330 g/mol. The van der Waals surface area contributed by atoms with E-state index in [2.05, 4.69) is 16.3 Å². The summed E-state index contributed by atoms with van der Waals surface area (Å²) in [4.78, 5) is 28.7. The van der Waals surface area contributed by atoms with Crippen LogP contribution in [0.15, 0.2) is 24.3 Å². The van der Waals surface area contributed by atoms with Gasteiger partial charge in [0.2, 0.25) is 11.8 Å². The molecule has 0 saturated carbocycles. The molecule has 0 spiro atoms. The summed E-state index contributed by atoms with van der Waals surface area (Å²) in [6, 6.07) is 8.07. The van der Waals surface area contributed by atoms with Crippen molar-refractivity contribution in [3.63, 3.8) is 0 Å². The topological polar surface area (TPSA) is 72.9 Å². The molecule has 2 fully saturated rings. The number of nitrogens with one attached hydrogen (secondary N) is 1. The van der Waals surface area contributed by atoms with Gasteiger partial charge in [0, 0.05) is 32.7 Å². The molecule has 2 heterocycles. The van der Waals surface area contributed by atoms with Gasteiger partial charge in [-0.1, -0.05) is 29.8 Å². The van der Waals surface area contributed by atoms with Crippen molar-refractivity contribution < 1.29 is 14.7 Å². The lowest BCUT2D eigenvalue weighted by atomic mass is 10.0. The van der Waals surface area contributed by atoms with Gasteiger partial charge in [-0.25, -0.2) is 0 Å². The molecule has 0 aromatic heterocycles. The number of piperidine rings is 1. The third kappa shape index (κ3) is 4.24. The molecule has 142 valence electrons. The van der Waals surface area contributed by atoms with Gasteiger partial charge in [0.15, 0.2) is 0 Å². The summed E-state index contributed by atoms with van der Waals surface area (Å²) in [7, 11) is 1.64. The number of hydrogen-bond donors (Lipinski definition) is 2. The van der Waals surface area contributed by atoms with Crippen LogP contribution in [0.25, 0.3) is 0 Å². The zero-order valence-electron chi connectivity index (χ0n) is 15.6. The van der Waals surface area contributed by atoms with Gasteiger partial charge in [-0.05, 0) is 31.7 Å². The molecular formula is C20H29N3O3. The molecule has 0 aliphatic carbocycles. The Labute approximate surface area is 155 Å². The second-order valence-corrected chi connectivity index (χ2v) is 7.49. The Hall–Kier alpha value is -1.92. The smallest absolute Gasteiger partial charge is 0.237 e. The number of carbonyl (C=O) groups excluding carboxylic acids is 2. The molecule has 1 aromatic carbocycles. The zero-order chi connectivity index (χ0) is 18.7. The Balaban J connectivity index is 1.55. The Morgan fingerprint density at radius 2 is 2.00 bits per heavy atom. The molecule has 0 unspecified atom stereocenters. The van der Waals surface area contributed by atoms with Crippen LogP contribution in [0.4, 0.5) is 0 Å². The largest absolute Gasteiger partial charge is 0.392 e. The van der Waals surface area contributed by atoms with E-state index in [9.17, 15) is 14.7 Å². The Kier molecular flexibility index (Phi) is 5.94. The minimum Gasteiger partial charge on any atom is -0.392 e. The lowest BCUT2D eigenvalue weighted by molar-refractivity contribution is -0.133. The highest BCUT2D eigenvalue weighted by Gasteiger charge is 2.40. The predicted molar refractivity (Wildman–Crippen MR) is 99.7 cm³/mol. The Morgan fingerprint density at radius 1 is 1.27 bits per heavy atom. The number of likely N-dealkylation sites (tertiary alicyclic amines) is 2. The van der Waals surface area contributed by atoms with Crippen LogP contribution in [0, 0.1) is 6.92 Å². The van der Waals surface area contributed by atoms with Gasteiger partial charge in [0.1, 0.15) is 0 Å². The first-order valence-corrected chi connectivity index (χ1v) is 9.46. The molecule has 2 aliphatic rings. The average Bonchev–Trinajstić information content (AvgIpc) is 3.03. The van der Waals surface area contributed by atoms with Gasteiger partial charge in [-0.2, -0.15) is 0 Å². The van der Waals surface area contributed by atoms with Crippen LogP contribution in [-0.2, 0) is 16.0 Å². The monoisotopic (exact) mass is 359 g/mol. The number of hydrogen-bond acceptors (Lipinski definition) is 4. The quantitative estimate of drug-likeness (QED) is 0.831. The van der Waals surface area contributed by atoms with Crippen molar-refractivity contribution >= 4 is 11.8 Å². The fourth-order valence-corrected chi connectivity index (χ4v) is 4.22. The first-order chi connectivity index (χ1) is 12.5. The summed E-state index contributed by atoms with van der Waals surface area (Å²) >= 11 is 0. The van der Waals surface area contributed by atoms with Crippen molar-refractivity contribution in [1.29, 1.82) is 0 Å². The normalized spacial score (nSPS) is 24.7. The predicted octanol–water partition coefficient (Wildman–Crippen LogP) is 0.710. The maximum Gasteiger partial charge on any atom is 0.237 e. The number of likely N-dealkylation sites (N-methyl/N-ethyl adjacent to an activating group) is 1. The highest BCUT2D eigenvalue weighted by molar-refractivity contribution is 5.82. The lowest BCUT2D eigenvalue weighted by Crippen LogP contribution is -2.52. The van der Waals surface area contributed by atoms with E-state index in [0.29, 0.717) is 32.5 Å². The van der Waals surface area contributed by atoms with E-state index in [4.69, 9.17) is 0 Å². The van der Waals surface area contributed by atoms with Crippen LogP contribution in [-0.4, -0.2) is 71.6 Å². The van der Waals surface area contributed by atoms with E-state index >= 15 is 0 Å². The van der Waals surface area contributed by atoms with E-state index in [-0.39, 0.29) is 23.9 Å². The molecule has 2 aliphatic heterocycles. The van der Waals surface area contributed by atoms with Gasteiger partial charge < -0.3 is 15.3 Å². The SMILES string of the molecule is CNC(=O)[C@@H]1C[C@@H](O)CN1C1CCN(C(=O)Cc2cccc(C)c2)CC1. The van der Waals surface area contributed by atoms with Crippen molar-refractivity contribution in [3.8, 4) is 0 Å². The molecule has 2 saturated heterocycles. The highest BCUT2D eigenvalue weighted by atomic mass is 16.3. The van der Waals surface area contributed by atoms with Crippen molar-refractivity contribution in [1.82, 2.24) is 15.1 Å². The standard InChI is InChI=1S/C20H29N3O3/c1-14-4-3-5-15(10-14)11-19(25)22-8-6-16(7-9-22)23-13-17(24)12-18(23)20(26)21-2/h3-5,10,16-18,24H,6-9,11-13H2,1-2H3,(H,21,26)/t17-,18+/m1/s1. The Bertz CT molecular complexity index is 655. The van der Waals surface area contributed by atoms with Crippen molar-refractivity contribution in [2.75, 3.05) is 26.7 Å². The molecule has 6 nitrogen and oxygen atoms in total. The maximum atomic E-state index is 12.6. The fraction of sp³-hybridized carbons (Fsp3) is 0.600. The Morgan fingerprint density at radius 3 is 2.65 bits per heavy atom. The summed E-state index contributed by atoms with van der Waals surface area (Å²) < 4.78 is 0. The van der Waals surface area contributed by atoms with E-state index in [1.807, 2.05) is 30.0 Å². The minimum absolute atomic E-state index is 0.0282. The number of rotatable bonds is 4. The maximum absolute atomic E-state index is 12.6. The molecule has 0 bridgehead atoms. The first kappa shape index (κ1) is 18.9. The number of amides is 2. The number of β-amino-alcohol motifs (C(OH)–C–C–N with tert-alkyl or cyclic N) is 1. The summed E-state index contributed by atoms with van der Waals surface area (Å²) in [6.07, 6.45) is 2.18. The minimum atomic E-state index is -0.446. The molecule has 2 amide bonds. The van der Waals surface area contributed by atoms with E-state index in [1.165, 1.54) is 5.56 Å².